The molecule has 0 aliphatic carbocycles. The van der Waals surface area contributed by atoms with Gasteiger partial charge in [0.2, 0.25) is 0 Å². The zero-order valence-corrected chi connectivity index (χ0v) is 34.5. The summed E-state index contributed by atoms with van der Waals surface area (Å²) in [6.45, 7) is 20.5. The van der Waals surface area contributed by atoms with Crippen LogP contribution in [0.25, 0.3) is 11.3 Å². The Morgan fingerprint density at radius 1 is 1.04 bits per heavy atom. The van der Waals surface area contributed by atoms with Gasteiger partial charge in [-0.2, -0.15) is 0 Å². The van der Waals surface area contributed by atoms with Crippen molar-refractivity contribution in [1.29, 1.82) is 0 Å². The molecule has 1 saturated heterocycles. The van der Waals surface area contributed by atoms with Crippen LogP contribution in [0.2, 0.25) is 18.1 Å². The zero-order valence-electron chi connectivity index (χ0n) is 33.5. The molecule has 0 unspecified atom stereocenters. The number of hydrogen-bond acceptors (Lipinski definition) is 6. The Morgan fingerprint density at radius 2 is 1.69 bits per heavy atom. The number of carbonyl (C=O) groups is 2. The first-order valence-electron chi connectivity index (χ1n) is 18.5. The Balaban J connectivity index is 1.96. The minimum Gasteiger partial charge on any atom is -0.444 e. The predicted octanol–water partition coefficient (Wildman–Crippen LogP) is 8.32. The topological polar surface area (TPSA) is 109 Å². The molecular weight excluding hydrogens is 716 g/mol. The van der Waals surface area contributed by atoms with Crippen molar-refractivity contribution in [2.45, 2.75) is 116 Å². The number of aliphatic hydroxyl groups is 1. The van der Waals surface area contributed by atoms with Crippen molar-refractivity contribution in [3.05, 3.63) is 77.8 Å². The number of halogens is 3. The first-order chi connectivity index (χ1) is 24.9. The van der Waals surface area contributed by atoms with Crippen LogP contribution >= 0.6 is 0 Å². The van der Waals surface area contributed by atoms with Crippen LogP contribution in [-0.4, -0.2) is 94.6 Å². The van der Waals surface area contributed by atoms with Crippen molar-refractivity contribution in [3.63, 3.8) is 0 Å². The van der Waals surface area contributed by atoms with Crippen LogP contribution in [0.5, 0.6) is 0 Å². The smallest absolute Gasteiger partial charge is 0.410 e. The van der Waals surface area contributed by atoms with Crippen LogP contribution in [0.15, 0.2) is 54.7 Å². The van der Waals surface area contributed by atoms with Crippen molar-refractivity contribution < 1.29 is 37.0 Å². The lowest BCUT2D eigenvalue weighted by molar-refractivity contribution is -0.00844. The molecular formula is C40H58F3N5O5Si. The zero-order chi connectivity index (χ0) is 40.4. The lowest BCUT2D eigenvalue weighted by Crippen LogP contribution is -2.58. The van der Waals surface area contributed by atoms with Crippen molar-refractivity contribution in [1.82, 2.24) is 24.7 Å². The van der Waals surface area contributed by atoms with Gasteiger partial charge in [0.15, 0.2) is 8.32 Å². The van der Waals surface area contributed by atoms with Gasteiger partial charge in [0, 0.05) is 37.3 Å². The summed E-state index contributed by atoms with van der Waals surface area (Å²) in [7, 11) is -2.62. The number of aliphatic hydroxyl groups excluding tert-OH is 1. The van der Waals surface area contributed by atoms with Gasteiger partial charge in [0.25, 0.3) is 0 Å². The maximum Gasteiger partial charge on any atom is 0.410 e. The maximum atomic E-state index is 16.1. The number of aromatic nitrogens is 2. The van der Waals surface area contributed by atoms with E-state index < -0.39 is 67.5 Å². The number of benzene rings is 2. The summed E-state index contributed by atoms with van der Waals surface area (Å²) in [6, 6.07) is 10.3. The number of nitrogens with zero attached hydrogens (tertiary/aromatic N) is 4. The van der Waals surface area contributed by atoms with Crippen LogP contribution in [0.1, 0.15) is 79.7 Å². The first-order valence-corrected chi connectivity index (χ1v) is 21.4. The van der Waals surface area contributed by atoms with Crippen LogP contribution in [0.3, 0.4) is 0 Å². The molecule has 3 aromatic rings. The van der Waals surface area contributed by atoms with Crippen molar-refractivity contribution in [3.8, 4) is 11.3 Å². The van der Waals surface area contributed by atoms with E-state index in [1.165, 1.54) is 9.80 Å². The van der Waals surface area contributed by atoms with Crippen molar-refractivity contribution >= 4 is 20.4 Å². The quantitative estimate of drug-likeness (QED) is 0.179. The van der Waals surface area contributed by atoms with E-state index in [-0.39, 0.29) is 49.1 Å². The number of carbonyl (C=O) groups excluding carboxylic acids is 2. The van der Waals surface area contributed by atoms with Gasteiger partial charge in [0.05, 0.1) is 30.5 Å². The number of alkyl halides is 1. The average molecular weight is 774 g/mol. The molecule has 4 rings (SSSR count). The highest BCUT2D eigenvalue weighted by Gasteiger charge is 2.50. The van der Waals surface area contributed by atoms with E-state index in [1.54, 1.807) is 38.5 Å². The van der Waals surface area contributed by atoms with E-state index in [2.05, 4.69) is 39.2 Å². The van der Waals surface area contributed by atoms with Gasteiger partial charge in [-0.1, -0.05) is 51.1 Å². The lowest BCUT2D eigenvalue weighted by atomic mass is 9.94. The van der Waals surface area contributed by atoms with Gasteiger partial charge in [-0.05, 0) is 83.4 Å². The van der Waals surface area contributed by atoms with E-state index in [1.807, 2.05) is 44.2 Å². The molecule has 2 aromatic carbocycles. The Labute approximate surface area is 319 Å². The first kappa shape index (κ1) is 42.9. The number of urea groups is 1. The number of amides is 3. The van der Waals surface area contributed by atoms with E-state index in [9.17, 15) is 19.1 Å². The molecule has 1 aliphatic heterocycles. The monoisotopic (exact) mass is 773 g/mol. The van der Waals surface area contributed by atoms with E-state index in [0.717, 1.165) is 23.8 Å². The van der Waals surface area contributed by atoms with Gasteiger partial charge in [-0.15, -0.1) is 0 Å². The van der Waals surface area contributed by atoms with Crippen LogP contribution < -0.4 is 5.32 Å². The van der Waals surface area contributed by atoms with Crippen molar-refractivity contribution in [2.24, 2.45) is 5.92 Å². The van der Waals surface area contributed by atoms with E-state index in [4.69, 9.17) is 14.1 Å². The largest absolute Gasteiger partial charge is 0.444 e. The Morgan fingerprint density at radius 3 is 2.28 bits per heavy atom. The molecule has 4 atom stereocenters. The minimum absolute atomic E-state index is 0.0239. The summed E-state index contributed by atoms with van der Waals surface area (Å²) in [5, 5.41) is 12.6. The van der Waals surface area contributed by atoms with Gasteiger partial charge in [-0.25, -0.2) is 27.7 Å². The predicted molar refractivity (Wildman–Crippen MR) is 206 cm³/mol. The van der Waals surface area contributed by atoms with Crippen LogP contribution in [0, 0.1) is 17.6 Å². The molecule has 14 heteroatoms. The normalized spacial score (nSPS) is 18.0. The molecule has 2 N–H and O–H groups in total. The SMILES string of the molecule is C[C@@H](CO)NC(=O)N(C[C@@H]1CN(C(=O)OC(C)(C)C)C[C@@H]1F)[C@@H](c1nc(-c2cc(F)ccc2F)cn1Cc1ccccc1)C(C)(C)O[Si](C)(C)C(C)(C)C. The lowest BCUT2D eigenvalue weighted by Gasteiger charge is -2.48. The molecule has 1 aliphatic rings. The van der Waals surface area contributed by atoms with Crippen LogP contribution in [-0.2, 0) is 15.7 Å². The number of likely N-dealkylation sites (tertiary alicyclic amines) is 1. The number of nitrogens with one attached hydrogen (secondary N) is 1. The summed E-state index contributed by atoms with van der Waals surface area (Å²) in [5.74, 6) is -1.87. The number of imidazole rings is 1. The van der Waals surface area contributed by atoms with E-state index >= 15 is 8.78 Å². The van der Waals surface area contributed by atoms with Gasteiger partial charge < -0.3 is 34.0 Å². The molecule has 54 heavy (non-hydrogen) atoms. The highest BCUT2D eigenvalue weighted by atomic mass is 28.4. The summed E-state index contributed by atoms with van der Waals surface area (Å²) >= 11 is 0. The van der Waals surface area contributed by atoms with Gasteiger partial charge >= 0.3 is 12.1 Å². The average Bonchev–Trinajstić information content (AvgIpc) is 3.63. The Hall–Kier alpha value is -3.88. The Bertz CT molecular complexity index is 1760. The third-order valence-electron chi connectivity index (χ3n) is 10.1. The second-order valence-corrected chi connectivity index (χ2v) is 22.2. The fourth-order valence-electron chi connectivity index (χ4n) is 6.45. The molecule has 3 amide bonds. The standard InChI is InChI=1S/C40H58F3N5O5Si/c1-26(25-49)44-36(50)48(22-28-21-47(23-32(28)43)37(51)52-38(2,3)4)34(40(8,9)53-54(10,11)39(5,6)7)35-45-33(30-19-29(41)17-18-31(30)42)24-46(35)20-27-15-13-12-14-16-27/h12-19,24,26,28,32,34,49H,20-23,25H2,1-11H3,(H,44,50)/t26-,28-,32-,34-/m0/s1. The molecule has 0 saturated carbocycles. The molecule has 0 radical (unpaired) electrons. The summed E-state index contributed by atoms with van der Waals surface area (Å²) in [4.78, 5) is 35.4. The molecule has 1 fully saturated rings. The second kappa shape index (κ2) is 16.5. The molecule has 10 nitrogen and oxygen atoms in total. The van der Waals surface area contributed by atoms with Gasteiger partial charge in [-0.3, -0.25) is 0 Å². The summed E-state index contributed by atoms with van der Waals surface area (Å²) < 4.78 is 60.5. The number of ether oxygens (including phenoxy) is 1. The second-order valence-electron chi connectivity index (χ2n) is 17.4. The molecule has 0 bridgehead atoms. The molecule has 1 aromatic heterocycles. The highest BCUT2D eigenvalue weighted by molar-refractivity contribution is 6.74. The van der Waals surface area contributed by atoms with Crippen molar-refractivity contribution in [2.75, 3.05) is 26.2 Å². The van der Waals surface area contributed by atoms with Gasteiger partial charge in [0.1, 0.15) is 35.3 Å². The van der Waals surface area contributed by atoms with Crippen LogP contribution in [0.4, 0.5) is 22.8 Å². The fraction of sp³-hybridized carbons (Fsp3) is 0.575. The van der Waals surface area contributed by atoms with E-state index in [0.29, 0.717) is 5.82 Å². The summed E-state index contributed by atoms with van der Waals surface area (Å²) in [6.07, 6.45) is -0.537. The minimum atomic E-state index is -2.62. The molecule has 2 heterocycles. The highest BCUT2D eigenvalue weighted by Crippen LogP contribution is 2.45. The third kappa shape index (κ3) is 10.4. The number of rotatable bonds is 12. The number of hydrogen-bond donors (Lipinski definition) is 2. The third-order valence-corrected chi connectivity index (χ3v) is 14.7. The summed E-state index contributed by atoms with van der Waals surface area (Å²) in [5.41, 5.74) is -1.06. The Kier molecular flexibility index (Phi) is 13.1. The maximum absolute atomic E-state index is 16.1. The molecule has 298 valence electrons. The fourth-order valence-corrected chi connectivity index (χ4v) is 8.18. The molecule has 0 spiro atoms.